The molecular weight excluding hydrogens is 156 g/mol. The van der Waals surface area contributed by atoms with Gasteiger partial charge in [-0.15, -0.1) is 0 Å². The Balaban J connectivity index is 2.86. The molecule has 3 heteroatoms. The van der Waals surface area contributed by atoms with Gasteiger partial charge in [-0.05, 0) is 19.1 Å². The summed E-state index contributed by atoms with van der Waals surface area (Å²) in [7, 11) is 0. The van der Waals surface area contributed by atoms with Crippen LogP contribution in [-0.4, -0.2) is 4.99 Å². The first-order chi connectivity index (χ1) is 5.20. The average Bonchev–Trinajstić information content (AvgIpc) is 1.93. The van der Waals surface area contributed by atoms with E-state index >= 15 is 0 Å². The molecule has 0 aromatic heterocycles. The summed E-state index contributed by atoms with van der Waals surface area (Å²) in [4.78, 5) is 0.725. The molecule has 0 heterocycles. The predicted molar refractivity (Wildman–Crippen MR) is 52.7 cm³/mol. The van der Waals surface area contributed by atoms with Crippen LogP contribution >= 0.6 is 12.2 Å². The summed E-state index contributed by atoms with van der Waals surface area (Å²) in [6.07, 6.45) is 0. The van der Waals surface area contributed by atoms with Crippen LogP contribution in [-0.2, 0) is 0 Å². The van der Waals surface area contributed by atoms with E-state index in [4.69, 9.17) is 18.0 Å². The summed E-state index contributed by atoms with van der Waals surface area (Å²) < 4.78 is 0. The summed E-state index contributed by atoms with van der Waals surface area (Å²) in [5.74, 6) is 0. The third kappa shape index (κ3) is 2.20. The fourth-order valence-corrected chi connectivity index (χ4v) is 0.910. The minimum atomic E-state index is 0.719. The van der Waals surface area contributed by atoms with Gasteiger partial charge < -0.3 is 11.1 Å². The van der Waals surface area contributed by atoms with Crippen LogP contribution < -0.4 is 11.1 Å². The molecule has 0 radical (unpaired) electrons. The zero-order valence-electron chi connectivity index (χ0n) is 6.29. The first-order valence-electron chi connectivity index (χ1n) is 3.32. The maximum atomic E-state index is 5.65. The maximum absolute atomic E-state index is 5.65. The molecule has 0 aliphatic rings. The van der Waals surface area contributed by atoms with Crippen LogP contribution in [0.4, 0.5) is 11.4 Å². The molecule has 0 bridgehead atoms. The van der Waals surface area contributed by atoms with Gasteiger partial charge in [0.2, 0.25) is 0 Å². The Labute approximate surface area is 71.4 Å². The average molecular weight is 166 g/mol. The molecule has 58 valence electrons. The minimum absolute atomic E-state index is 0.719. The van der Waals surface area contributed by atoms with E-state index in [0.29, 0.717) is 0 Å². The highest BCUT2D eigenvalue weighted by Gasteiger charge is 1.94. The molecule has 0 saturated heterocycles. The molecule has 0 spiro atoms. The molecule has 1 aromatic carbocycles. The van der Waals surface area contributed by atoms with E-state index in [-0.39, 0.29) is 0 Å². The van der Waals surface area contributed by atoms with Crippen molar-refractivity contribution in [3.63, 3.8) is 0 Å². The van der Waals surface area contributed by atoms with Gasteiger partial charge in [0.05, 0.1) is 16.4 Å². The van der Waals surface area contributed by atoms with Gasteiger partial charge in [-0.2, -0.15) is 0 Å². The Morgan fingerprint density at radius 1 is 1.45 bits per heavy atom. The van der Waals surface area contributed by atoms with Crippen molar-refractivity contribution in [1.29, 1.82) is 0 Å². The van der Waals surface area contributed by atoms with Crippen molar-refractivity contribution in [3.8, 4) is 0 Å². The lowest BCUT2D eigenvalue weighted by molar-refractivity contribution is 1.62. The standard InChI is InChI=1S/C8H10N2S/c1-6(11)10-8-5-3-2-4-7(8)9/h2-5H,9H2,1H3,(H,10,11). The molecule has 0 saturated carbocycles. The second-order valence-electron chi connectivity index (χ2n) is 2.27. The molecule has 0 fully saturated rings. The second kappa shape index (κ2) is 3.34. The number of nitrogen functional groups attached to an aromatic ring is 1. The van der Waals surface area contributed by atoms with Crippen LogP contribution in [0.5, 0.6) is 0 Å². The fourth-order valence-electron chi connectivity index (χ4n) is 0.800. The highest BCUT2D eigenvalue weighted by molar-refractivity contribution is 7.80. The number of nitrogens with two attached hydrogens (primary N) is 1. The summed E-state index contributed by atoms with van der Waals surface area (Å²) >= 11 is 4.87. The van der Waals surface area contributed by atoms with Gasteiger partial charge in [-0.3, -0.25) is 0 Å². The van der Waals surface area contributed by atoms with Gasteiger partial charge in [0.1, 0.15) is 0 Å². The summed E-state index contributed by atoms with van der Waals surface area (Å²) in [6, 6.07) is 7.53. The molecule has 0 amide bonds. The van der Waals surface area contributed by atoms with Gasteiger partial charge >= 0.3 is 0 Å². The van der Waals surface area contributed by atoms with Crippen LogP contribution in [0.15, 0.2) is 24.3 Å². The van der Waals surface area contributed by atoms with Gasteiger partial charge in [0, 0.05) is 0 Å². The molecule has 0 aliphatic heterocycles. The molecule has 1 aromatic rings. The molecule has 2 nitrogen and oxygen atoms in total. The van der Waals surface area contributed by atoms with Crippen LogP contribution in [0.2, 0.25) is 0 Å². The lowest BCUT2D eigenvalue weighted by atomic mass is 10.3. The third-order valence-corrected chi connectivity index (χ3v) is 1.37. The quantitative estimate of drug-likeness (QED) is 0.495. The highest BCUT2D eigenvalue weighted by Crippen LogP contribution is 2.16. The SMILES string of the molecule is CC(=S)Nc1ccccc1N. The fraction of sp³-hybridized carbons (Fsp3) is 0.125. The van der Waals surface area contributed by atoms with E-state index in [9.17, 15) is 0 Å². The third-order valence-electron chi connectivity index (χ3n) is 1.27. The number of thiocarbonyl (C=S) groups is 1. The molecular formula is C8H10N2S. The lowest BCUT2D eigenvalue weighted by Gasteiger charge is -2.05. The van der Waals surface area contributed by atoms with Gasteiger partial charge in [0.15, 0.2) is 0 Å². The number of benzene rings is 1. The topological polar surface area (TPSA) is 38.0 Å². The van der Waals surface area contributed by atoms with Crippen LogP contribution in [0, 0.1) is 0 Å². The Kier molecular flexibility index (Phi) is 2.44. The summed E-state index contributed by atoms with van der Waals surface area (Å²) in [5, 5.41) is 2.98. The van der Waals surface area contributed by atoms with Gasteiger partial charge in [0.25, 0.3) is 0 Å². The van der Waals surface area contributed by atoms with E-state index in [1.54, 1.807) is 0 Å². The van der Waals surface area contributed by atoms with Gasteiger partial charge in [-0.25, -0.2) is 0 Å². The molecule has 3 N–H and O–H groups in total. The van der Waals surface area contributed by atoms with Crippen molar-refractivity contribution < 1.29 is 0 Å². The van der Waals surface area contributed by atoms with E-state index < -0.39 is 0 Å². The van der Waals surface area contributed by atoms with Crippen molar-refractivity contribution >= 4 is 28.6 Å². The molecule has 0 unspecified atom stereocenters. The number of nitrogens with one attached hydrogen (secondary N) is 1. The van der Waals surface area contributed by atoms with E-state index in [0.717, 1.165) is 16.4 Å². The zero-order chi connectivity index (χ0) is 8.27. The number of rotatable bonds is 1. The number of hydrogen-bond acceptors (Lipinski definition) is 2. The van der Waals surface area contributed by atoms with Crippen LogP contribution in [0.25, 0.3) is 0 Å². The summed E-state index contributed by atoms with van der Waals surface area (Å²) in [6.45, 7) is 1.82. The van der Waals surface area contributed by atoms with Crippen molar-refractivity contribution in [2.45, 2.75) is 6.92 Å². The first-order valence-corrected chi connectivity index (χ1v) is 3.73. The highest BCUT2D eigenvalue weighted by atomic mass is 32.1. The Bertz CT molecular complexity index is 271. The van der Waals surface area contributed by atoms with Crippen molar-refractivity contribution in [1.82, 2.24) is 0 Å². The van der Waals surface area contributed by atoms with E-state index in [1.165, 1.54) is 0 Å². The van der Waals surface area contributed by atoms with Crippen molar-refractivity contribution in [3.05, 3.63) is 24.3 Å². The monoisotopic (exact) mass is 166 g/mol. The van der Waals surface area contributed by atoms with Gasteiger partial charge in [-0.1, -0.05) is 24.4 Å². The van der Waals surface area contributed by atoms with Crippen molar-refractivity contribution in [2.24, 2.45) is 0 Å². The number of hydrogen-bond donors (Lipinski definition) is 2. The number of anilines is 2. The number of para-hydroxylation sites is 2. The van der Waals surface area contributed by atoms with Crippen LogP contribution in [0.3, 0.4) is 0 Å². The Morgan fingerprint density at radius 3 is 2.64 bits per heavy atom. The Morgan fingerprint density at radius 2 is 2.09 bits per heavy atom. The molecule has 1 rings (SSSR count). The summed E-state index contributed by atoms with van der Waals surface area (Å²) in [5.41, 5.74) is 7.24. The van der Waals surface area contributed by atoms with E-state index in [1.807, 2.05) is 31.2 Å². The van der Waals surface area contributed by atoms with Crippen LogP contribution in [0.1, 0.15) is 6.92 Å². The normalized spacial score (nSPS) is 9.18. The maximum Gasteiger partial charge on any atom is 0.0766 e. The molecule has 0 aliphatic carbocycles. The Hall–Kier alpha value is -1.09. The first kappa shape index (κ1) is 8.01. The predicted octanol–water partition coefficient (Wildman–Crippen LogP) is 2.03. The minimum Gasteiger partial charge on any atom is -0.397 e. The smallest absolute Gasteiger partial charge is 0.0766 e. The largest absolute Gasteiger partial charge is 0.397 e. The second-order valence-corrected chi connectivity index (χ2v) is 2.88. The van der Waals surface area contributed by atoms with Crippen molar-refractivity contribution in [2.75, 3.05) is 11.1 Å². The zero-order valence-corrected chi connectivity index (χ0v) is 7.11. The molecule has 0 atom stereocenters. The molecule has 11 heavy (non-hydrogen) atoms. The lowest BCUT2D eigenvalue weighted by Crippen LogP contribution is -2.05. The van der Waals surface area contributed by atoms with E-state index in [2.05, 4.69) is 5.32 Å².